The number of likely N-dealkylation sites (tertiary alicyclic amines) is 1. The van der Waals surface area contributed by atoms with E-state index in [-0.39, 0.29) is 5.91 Å². The largest absolute Gasteiger partial charge is 0.339 e. The number of carbonyl (C=O) groups excluding carboxylic acids is 1. The first-order chi connectivity index (χ1) is 8.08. The van der Waals surface area contributed by atoms with Gasteiger partial charge in [0.15, 0.2) is 0 Å². The lowest BCUT2D eigenvalue weighted by atomic mass is 10.1. The van der Waals surface area contributed by atoms with Gasteiger partial charge in [0.1, 0.15) is 5.82 Å². The minimum atomic E-state index is 0.242. The molecule has 1 saturated heterocycles. The van der Waals surface area contributed by atoms with E-state index in [0.29, 0.717) is 12.5 Å². The predicted molar refractivity (Wildman–Crippen MR) is 65.6 cm³/mol. The summed E-state index contributed by atoms with van der Waals surface area (Å²) in [6.07, 6.45) is 4.97. The van der Waals surface area contributed by atoms with E-state index in [1.165, 1.54) is 0 Å². The number of likely N-dealkylation sites (N-methyl/N-ethyl adjacent to an activating group) is 1. The number of carbonyl (C=O) groups is 1. The monoisotopic (exact) mass is 236 g/mol. The standard InChI is InChI=1S/C12H20N4O/c1-14(2)10-8-16(9-10)12(17)5-4-11-13-6-7-15(11)3/h6-7,10H,4-5,8-9H2,1-3H3. The minimum absolute atomic E-state index is 0.242. The molecule has 1 aromatic heterocycles. The van der Waals surface area contributed by atoms with Gasteiger partial charge in [-0.05, 0) is 14.1 Å². The molecule has 2 heterocycles. The average Bonchev–Trinajstić information content (AvgIpc) is 2.58. The number of aromatic nitrogens is 2. The number of hydrogen-bond acceptors (Lipinski definition) is 3. The highest BCUT2D eigenvalue weighted by Gasteiger charge is 2.31. The second-order valence-corrected chi connectivity index (χ2v) is 4.87. The first kappa shape index (κ1) is 12.1. The van der Waals surface area contributed by atoms with Gasteiger partial charge in [0.25, 0.3) is 0 Å². The molecule has 0 saturated carbocycles. The maximum atomic E-state index is 11.9. The van der Waals surface area contributed by atoms with Crippen molar-refractivity contribution in [1.82, 2.24) is 19.4 Å². The van der Waals surface area contributed by atoms with E-state index in [9.17, 15) is 4.79 Å². The number of nitrogens with zero attached hydrogens (tertiary/aromatic N) is 4. The summed E-state index contributed by atoms with van der Waals surface area (Å²) in [5, 5.41) is 0. The molecule has 1 fully saturated rings. The van der Waals surface area contributed by atoms with Crippen LogP contribution >= 0.6 is 0 Å². The molecule has 0 atom stereocenters. The Morgan fingerprint density at radius 2 is 2.24 bits per heavy atom. The number of rotatable bonds is 4. The lowest BCUT2D eigenvalue weighted by molar-refractivity contribution is -0.137. The van der Waals surface area contributed by atoms with Crippen molar-refractivity contribution in [1.29, 1.82) is 0 Å². The lowest BCUT2D eigenvalue weighted by Crippen LogP contribution is -2.59. The highest BCUT2D eigenvalue weighted by atomic mass is 16.2. The fourth-order valence-corrected chi connectivity index (χ4v) is 2.00. The summed E-state index contributed by atoms with van der Waals surface area (Å²) in [6.45, 7) is 1.73. The van der Waals surface area contributed by atoms with Crippen LogP contribution in [-0.4, -0.2) is 58.5 Å². The van der Waals surface area contributed by atoms with Gasteiger partial charge in [-0.1, -0.05) is 0 Å². The Kier molecular flexibility index (Phi) is 3.47. The summed E-state index contributed by atoms with van der Waals surface area (Å²) in [5.41, 5.74) is 0. The second kappa shape index (κ2) is 4.87. The SMILES string of the molecule is CN(C)C1CN(C(=O)CCc2nccn2C)C1. The van der Waals surface area contributed by atoms with E-state index >= 15 is 0 Å². The molecule has 1 amide bonds. The highest BCUT2D eigenvalue weighted by Crippen LogP contribution is 2.14. The van der Waals surface area contributed by atoms with Gasteiger partial charge in [-0.25, -0.2) is 4.98 Å². The molecule has 17 heavy (non-hydrogen) atoms. The Bertz CT molecular complexity index is 393. The number of hydrogen-bond donors (Lipinski definition) is 0. The summed E-state index contributed by atoms with van der Waals surface area (Å²) < 4.78 is 1.96. The van der Waals surface area contributed by atoms with Crippen molar-refractivity contribution in [3.63, 3.8) is 0 Å². The third-order valence-electron chi connectivity index (χ3n) is 3.43. The van der Waals surface area contributed by atoms with Crippen molar-refractivity contribution >= 4 is 5.91 Å². The molecule has 5 nitrogen and oxygen atoms in total. The molecule has 0 bridgehead atoms. The van der Waals surface area contributed by atoms with Crippen LogP contribution in [0.2, 0.25) is 0 Å². The topological polar surface area (TPSA) is 41.4 Å². The van der Waals surface area contributed by atoms with Crippen molar-refractivity contribution in [2.45, 2.75) is 18.9 Å². The summed E-state index contributed by atoms with van der Waals surface area (Å²) in [5.74, 6) is 1.22. The van der Waals surface area contributed by atoms with Crippen LogP contribution in [0.25, 0.3) is 0 Å². The Labute approximate surface area is 102 Å². The first-order valence-corrected chi connectivity index (χ1v) is 5.98. The fourth-order valence-electron chi connectivity index (χ4n) is 2.00. The molecule has 5 heteroatoms. The van der Waals surface area contributed by atoms with Gasteiger partial charge in [0.05, 0.1) is 0 Å². The van der Waals surface area contributed by atoms with Gasteiger partial charge in [0.2, 0.25) is 5.91 Å². The Hall–Kier alpha value is -1.36. The van der Waals surface area contributed by atoms with Gasteiger partial charge in [-0.3, -0.25) is 4.79 Å². The zero-order valence-electron chi connectivity index (χ0n) is 10.8. The van der Waals surface area contributed by atoms with Gasteiger partial charge in [-0.15, -0.1) is 0 Å². The second-order valence-electron chi connectivity index (χ2n) is 4.87. The molecule has 0 N–H and O–H groups in total. The molecule has 94 valence electrons. The van der Waals surface area contributed by atoms with E-state index in [4.69, 9.17) is 0 Å². The molecular weight excluding hydrogens is 216 g/mol. The van der Waals surface area contributed by atoms with Crippen molar-refractivity contribution in [3.05, 3.63) is 18.2 Å². The van der Waals surface area contributed by atoms with E-state index in [0.717, 1.165) is 25.3 Å². The molecule has 1 aliphatic heterocycles. The maximum absolute atomic E-state index is 11.9. The molecular formula is C12H20N4O. The molecule has 2 rings (SSSR count). The van der Waals surface area contributed by atoms with Crippen molar-refractivity contribution < 1.29 is 4.79 Å². The van der Waals surface area contributed by atoms with Crippen LogP contribution in [0.1, 0.15) is 12.2 Å². The third kappa shape index (κ3) is 2.66. The Balaban J connectivity index is 1.74. The summed E-state index contributed by atoms with van der Waals surface area (Å²) in [6, 6.07) is 0.534. The average molecular weight is 236 g/mol. The van der Waals surface area contributed by atoms with Crippen LogP contribution in [0.5, 0.6) is 0 Å². The summed E-state index contributed by atoms with van der Waals surface area (Å²) in [4.78, 5) is 20.2. The van der Waals surface area contributed by atoms with Crippen LogP contribution in [0, 0.1) is 0 Å². The summed E-state index contributed by atoms with van der Waals surface area (Å²) >= 11 is 0. The molecule has 0 aromatic carbocycles. The number of imidazole rings is 1. The minimum Gasteiger partial charge on any atom is -0.339 e. The molecule has 1 aromatic rings. The van der Waals surface area contributed by atoms with Crippen LogP contribution in [0.15, 0.2) is 12.4 Å². The third-order valence-corrected chi connectivity index (χ3v) is 3.43. The van der Waals surface area contributed by atoms with Crippen molar-refractivity contribution in [2.75, 3.05) is 27.2 Å². The first-order valence-electron chi connectivity index (χ1n) is 5.98. The van der Waals surface area contributed by atoms with Gasteiger partial charge in [0, 0.05) is 51.4 Å². The molecule has 0 unspecified atom stereocenters. The van der Waals surface area contributed by atoms with Gasteiger partial charge >= 0.3 is 0 Å². The van der Waals surface area contributed by atoms with E-state index < -0.39 is 0 Å². The highest BCUT2D eigenvalue weighted by molar-refractivity contribution is 5.77. The molecule has 0 spiro atoms. The van der Waals surface area contributed by atoms with Crippen LogP contribution < -0.4 is 0 Å². The summed E-state index contributed by atoms with van der Waals surface area (Å²) in [7, 11) is 6.07. The maximum Gasteiger partial charge on any atom is 0.223 e. The lowest BCUT2D eigenvalue weighted by Gasteiger charge is -2.42. The van der Waals surface area contributed by atoms with Gasteiger partial charge in [-0.2, -0.15) is 0 Å². The predicted octanol–water partition coefficient (Wildman–Crippen LogP) is 0.125. The van der Waals surface area contributed by atoms with Crippen molar-refractivity contribution in [3.8, 4) is 0 Å². The van der Waals surface area contributed by atoms with Crippen LogP contribution in [0.3, 0.4) is 0 Å². The van der Waals surface area contributed by atoms with E-state index in [1.807, 2.05) is 22.7 Å². The smallest absolute Gasteiger partial charge is 0.223 e. The van der Waals surface area contributed by atoms with Gasteiger partial charge < -0.3 is 14.4 Å². The quantitative estimate of drug-likeness (QED) is 0.746. The Morgan fingerprint density at radius 1 is 1.53 bits per heavy atom. The van der Waals surface area contributed by atoms with Crippen molar-refractivity contribution in [2.24, 2.45) is 7.05 Å². The Morgan fingerprint density at radius 3 is 2.76 bits per heavy atom. The van der Waals surface area contributed by atoms with Crippen LogP contribution in [0.4, 0.5) is 0 Å². The normalized spacial score (nSPS) is 16.4. The fraction of sp³-hybridized carbons (Fsp3) is 0.667. The number of aryl methyl sites for hydroxylation is 2. The zero-order chi connectivity index (χ0) is 12.4. The van der Waals surface area contributed by atoms with Crippen LogP contribution in [-0.2, 0) is 18.3 Å². The number of amides is 1. The molecule has 0 aliphatic carbocycles. The van der Waals surface area contributed by atoms with E-state index in [2.05, 4.69) is 24.0 Å². The van der Waals surface area contributed by atoms with E-state index in [1.54, 1.807) is 6.20 Å². The molecule has 1 aliphatic rings. The zero-order valence-corrected chi connectivity index (χ0v) is 10.8. The molecule has 0 radical (unpaired) electrons.